The van der Waals surface area contributed by atoms with Crippen molar-refractivity contribution < 1.29 is 47.6 Å². The third-order valence-corrected chi connectivity index (χ3v) is 14.0. The number of rotatable bonds is 20. The molecule has 0 radical (unpaired) electrons. The number of carbonyl (C=O) groups excluding carboxylic acids is 4. The van der Waals surface area contributed by atoms with E-state index in [9.17, 15) is 38.2 Å². The molecular formula is C67H68F2N4O8. The second-order valence-electron chi connectivity index (χ2n) is 20.6. The zero-order valence-corrected chi connectivity index (χ0v) is 46.2. The number of esters is 2. The van der Waals surface area contributed by atoms with Crippen LogP contribution in [0.25, 0.3) is 44.8 Å². The zero-order valence-electron chi connectivity index (χ0n) is 46.2. The lowest BCUT2D eigenvalue weighted by atomic mass is 9.94. The van der Waals surface area contributed by atoms with Gasteiger partial charge in [-0.05, 0) is 120 Å². The molecule has 1 aliphatic heterocycles. The van der Waals surface area contributed by atoms with Gasteiger partial charge < -0.3 is 39.5 Å². The molecule has 8 aromatic rings. The van der Waals surface area contributed by atoms with Crippen LogP contribution in [0.3, 0.4) is 0 Å². The van der Waals surface area contributed by atoms with Crippen molar-refractivity contribution in [3.63, 3.8) is 0 Å². The Bertz CT molecular complexity index is 3430. The van der Waals surface area contributed by atoms with E-state index in [1.807, 2.05) is 146 Å². The maximum atomic E-state index is 14.1. The Balaban J connectivity index is 0.000000213. The van der Waals surface area contributed by atoms with Crippen LogP contribution in [-0.2, 0) is 32.2 Å². The number of benzene rings is 6. The Labute approximate surface area is 471 Å². The number of hydrogen-bond donors (Lipinski definition) is 4. The van der Waals surface area contributed by atoms with Crippen LogP contribution in [0.4, 0.5) is 20.2 Å². The van der Waals surface area contributed by atoms with Gasteiger partial charge in [0.25, 0.3) is 11.8 Å². The fourth-order valence-corrected chi connectivity index (χ4v) is 10.5. The van der Waals surface area contributed by atoms with Gasteiger partial charge in [0.15, 0.2) is 0 Å². The van der Waals surface area contributed by atoms with Gasteiger partial charge in [-0.3, -0.25) is 14.4 Å². The second-order valence-corrected chi connectivity index (χ2v) is 20.6. The number of para-hydroxylation sites is 2. The number of hydrogen-bond acceptors (Lipinski definition) is 8. The van der Waals surface area contributed by atoms with Crippen LogP contribution in [0.5, 0.6) is 0 Å². The molecule has 0 saturated carbocycles. The molecule has 0 fully saturated rings. The van der Waals surface area contributed by atoms with E-state index < -0.39 is 18.2 Å². The second kappa shape index (κ2) is 27.4. The van der Waals surface area contributed by atoms with Gasteiger partial charge in [0, 0.05) is 65.9 Å². The number of ether oxygens (including phenoxy) is 2. The Kier molecular flexibility index (Phi) is 19.8. The topological polar surface area (TPSA) is 161 Å². The predicted octanol–water partition coefficient (Wildman–Crippen LogP) is 14.0. The molecule has 6 aromatic carbocycles. The van der Waals surface area contributed by atoms with E-state index >= 15 is 0 Å². The summed E-state index contributed by atoms with van der Waals surface area (Å²) in [5.74, 6) is -2.19. The summed E-state index contributed by atoms with van der Waals surface area (Å²) in [5.41, 5.74) is 10.4. The molecule has 81 heavy (non-hydrogen) atoms. The van der Waals surface area contributed by atoms with E-state index in [1.54, 1.807) is 24.3 Å². The summed E-state index contributed by atoms with van der Waals surface area (Å²) in [5, 5.41) is 27.2. The summed E-state index contributed by atoms with van der Waals surface area (Å²) < 4.78 is 42.4. The van der Waals surface area contributed by atoms with Crippen LogP contribution in [0.1, 0.15) is 104 Å². The number of aliphatic hydroxyl groups excluding tert-OH is 2. The molecular weight excluding hydrogens is 1030 g/mol. The van der Waals surface area contributed by atoms with Gasteiger partial charge in [-0.2, -0.15) is 0 Å². The van der Waals surface area contributed by atoms with Crippen LogP contribution < -0.4 is 10.6 Å². The van der Waals surface area contributed by atoms with Gasteiger partial charge in [0.05, 0.1) is 48.3 Å². The number of nitrogens with one attached hydrogen (secondary N) is 2. The molecule has 1 aliphatic rings. The monoisotopic (exact) mass is 1090 g/mol. The van der Waals surface area contributed by atoms with Gasteiger partial charge in [-0.1, -0.05) is 131 Å². The molecule has 1 unspecified atom stereocenters. The highest BCUT2D eigenvalue weighted by molar-refractivity contribution is 6.13. The number of nitrogens with zero attached hydrogens (tertiary/aromatic N) is 2. The van der Waals surface area contributed by atoms with Gasteiger partial charge in [-0.25, -0.2) is 13.6 Å². The predicted molar refractivity (Wildman–Crippen MR) is 314 cm³/mol. The third kappa shape index (κ3) is 14.6. The van der Waals surface area contributed by atoms with Crippen LogP contribution in [0, 0.1) is 11.6 Å². The van der Waals surface area contributed by atoms with Crippen molar-refractivity contribution in [1.29, 1.82) is 0 Å². The van der Waals surface area contributed by atoms with Crippen LogP contribution in [-0.4, -0.2) is 68.5 Å². The van der Waals surface area contributed by atoms with E-state index in [-0.39, 0.29) is 66.6 Å². The highest BCUT2D eigenvalue weighted by Gasteiger charge is 2.33. The minimum absolute atomic E-state index is 0.00742. The first-order valence-corrected chi connectivity index (χ1v) is 27.3. The Morgan fingerprint density at radius 1 is 0.593 bits per heavy atom. The number of cyclic esters (lactones) is 1. The summed E-state index contributed by atoms with van der Waals surface area (Å²) >= 11 is 0. The number of aliphatic hydroxyl groups is 2. The van der Waals surface area contributed by atoms with Crippen LogP contribution in [0.2, 0.25) is 0 Å². The molecule has 14 heteroatoms. The number of anilines is 2. The van der Waals surface area contributed by atoms with Crippen molar-refractivity contribution in [3.8, 4) is 44.8 Å². The van der Waals surface area contributed by atoms with Crippen molar-refractivity contribution in [2.24, 2.45) is 0 Å². The lowest BCUT2D eigenvalue weighted by Gasteiger charge is -2.22. The standard InChI is InChI=1S/C34H37FN2O5.C33H31FN2O3/c1-22(2)32-31(34(41)36-26-12-8-5-9-13-26)30(23-10-6-4-7-11-23)33(24-14-16-25(35)17-15-24)37(32)19-18-27(38)20-28(39)21-29(40)42-3;1-22(2)31-30(33(38)35-26-12-7-4-8-13-26)29(23-10-5-3-6-11-23)32(24-16-18-25(34)19-17-24)36(31)21-20-27-14-9-15-28(37)39-27/h4-17,22,27-28,38-39H,18-21H2,1-3H3,(H,36,41);3-13,15-19,22,27H,14,20-21H2,1-2H3,(H,35,38)/t27-,28?;27-/m10/s1. The largest absolute Gasteiger partial charge is 0.469 e. The summed E-state index contributed by atoms with van der Waals surface area (Å²) in [6.07, 6.45) is 2.31. The highest BCUT2D eigenvalue weighted by Crippen LogP contribution is 2.45. The maximum absolute atomic E-state index is 14.1. The summed E-state index contributed by atoms with van der Waals surface area (Å²) in [7, 11) is 1.25. The molecule has 418 valence electrons. The summed E-state index contributed by atoms with van der Waals surface area (Å²) in [6, 6.07) is 50.5. The van der Waals surface area contributed by atoms with E-state index in [2.05, 4.69) is 33.8 Å². The average molecular weight is 1100 g/mol. The molecule has 0 bridgehead atoms. The smallest absolute Gasteiger partial charge is 0.330 e. The number of carbonyl (C=O) groups is 4. The van der Waals surface area contributed by atoms with E-state index in [4.69, 9.17) is 4.74 Å². The SMILES string of the molecule is CC(C)c1c(C(=O)Nc2ccccc2)c(-c2ccccc2)c(-c2ccc(F)cc2)n1CC[C@@H]1CC=CC(=O)O1.COC(=O)CC(O)C[C@H](O)CCn1c(-c2ccc(F)cc2)c(-c2ccccc2)c(C(=O)Nc2ccccc2)c1C(C)C. The Morgan fingerprint density at radius 3 is 1.42 bits per heavy atom. The molecule has 3 heterocycles. The minimum Gasteiger partial charge on any atom is -0.469 e. The van der Waals surface area contributed by atoms with E-state index in [0.717, 1.165) is 50.6 Å². The van der Waals surface area contributed by atoms with E-state index in [0.29, 0.717) is 54.0 Å². The molecule has 0 spiro atoms. The molecule has 2 amide bonds. The lowest BCUT2D eigenvalue weighted by Crippen LogP contribution is -2.23. The fourth-order valence-electron chi connectivity index (χ4n) is 10.5. The Hall–Kier alpha value is -8.72. The first-order valence-electron chi connectivity index (χ1n) is 27.3. The normalized spacial score (nSPS) is 13.7. The first kappa shape index (κ1) is 58.4. The fraction of sp³-hybridized carbons (Fsp3) is 0.254. The number of halogens is 2. The number of aromatic nitrogens is 2. The van der Waals surface area contributed by atoms with Gasteiger partial charge >= 0.3 is 11.9 Å². The number of amides is 2. The molecule has 3 atom stereocenters. The molecule has 2 aromatic heterocycles. The van der Waals surface area contributed by atoms with Gasteiger partial charge in [0.2, 0.25) is 0 Å². The third-order valence-electron chi connectivity index (χ3n) is 14.0. The first-order chi connectivity index (χ1) is 39.1. The Morgan fingerprint density at radius 2 is 1.01 bits per heavy atom. The number of methoxy groups -OCH3 is 1. The molecule has 12 nitrogen and oxygen atoms in total. The molecule has 9 rings (SSSR count). The summed E-state index contributed by atoms with van der Waals surface area (Å²) in [4.78, 5) is 51.6. The molecule has 4 N–H and O–H groups in total. The van der Waals surface area contributed by atoms with Crippen molar-refractivity contribution in [3.05, 3.63) is 216 Å². The summed E-state index contributed by atoms with van der Waals surface area (Å²) in [6.45, 7) is 8.97. The van der Waals surface area contributed by atoms with E-state index in [1.165, 1.54) is 37.5 Å². The van der Waals surface area contributed by atoms with Crippen molar-refractivity contribution >= 4 is 35.1 Å². The van der Waals surface area contributed by atoms with Crippen molar-refractivity contribution in [2.45, 2.75) is 103 Å². The lowest BCUT2D eigenvalue weighted by molar-refractivity contribution is -0.145. The van der Waals surface area contributed by atoms with Gasteiger partial charge in [-0.15, -0.1) is 0 Å². The average Bonchev–Trinajstić information content (AvgIpc) is 2.97. The van der Waals surface area contributed by atoms with Gasteiger partial charge in [0.1, 0.15) is 17.7 Å². The van der Waals surface area contributed by atoms with Crippen molar-refractivity contribution in [2.75, 3.05) is 17.7 Å². The highest BCUT2D eigenvalue weighted by atomic mass is 19.1. The molecule has 0 aliphatic carbocycles. The quantitative estimate of drug-likeness (QED) is 0.0549. The molecule has 0 saturated heterocycles. The van der Waals surface area contributed by atoms with Crippen LogP contribution in [0.15, 0.2) is 182 Å². The maximum Gasteiger partial charge on any atom is 0.330 e. The minimum atomic E-state index is -1.05. The zero-order chi connectivity index (χ0) is 57.6. The van der Waals surface area contributed by atoms with Crippen LogP contribution >= 0.6 is 0 Å². The van der Waals surface area contributed by atoms with Crippen molar-refractivity contribution in [1.82, 2.24) is 9.13 Å².